The molecule has 0 saturated carbocycles. The molecule has 0 N–H and O–H groups in total. The number of hydrogen-bond acceptors (Lipinski definition) is 0. The fourth-order valence-electron chi connectivity index (χ4n) is 1.53. The van der Waals surface area contributed by atoms with Gasteiger partial charge in [-0.3, -0.25) is 0 Å². The largest absolute Gasteiger partial charge is 0.103 e. The van der Waals surface area contributed by atoms with Crippen molar-refractivity contribution in [2.24, 2.45) is 0 Å². The second-order valence-corrected chi connectivity index (χ2v) is 4.27. The summed E-state index contributed by atoms with van der Waals surface area (Å²) in [4.78, 5) is 0. The summed E-state index contributed by atoms with van der Waals surface area (Å²) in [6.07, 6.45) is 15.1. The quantitative estimate of drug-likeness (QED) is 0.347. The summed E-state index contributed by atoms with van der Waals surface area (Å²) in [6, 6.07) is 0. The van der Waals surface area contributed by atoms with Crippen LogP contribution in [-0.4, -0.2) is 0 Å². The van der Waals surface area contributed by atoms with E-state index in [2.05, 4.69) is 26.5 Å². The molecular weight excluding hydrogens is 168 g/mol. The molecule has 0 atom stereocenters. The molecule has 82 valence electrons. The standard InChI is InChI=1S/C14H26/c1-4-5-6-7-8-9-10-11-12-13-14(2)3/h4,13H,1,5-12H2,2-3H3. The Morgan fingerprint density at radius 1 is 0.857 bits per heavy atom. The van der Waals surface area contributed by atoms with E-state index in [1.165, 1.54) is 56.9 Å². The average Bonchev–Trinajstić information content (AvgIpc) is 2.15. The van der Waals surface area contributed by atoms with Crippen molar-refractivity contribution in [1.29, 1.82) is 0 Å². The molecule has 0 amide bonds. The molecule has 0 bridgehead atoms. The molecule has 0 aromatic carbocycles. The Bertz CT molecular complexity index is 149. The van der Waals surface area contributed by atoms with Crippen molar-refractivity contribution in [3.63, 3.8) is 0 Å². The first-order valence-corrected chi connectivity index (χ1v) is 6.01. The average molecular weight is 194 g/mol. The fraction of sp³-hybridized carbons (Fsp3) is 0.714. The minimum absolute atomic E-state index is 1.19. The molecule has 0 aromatic rings. The van der Waals surface area contributed by atoms with Crippen molar-refractivity contribution in [2.75, 3.05) is 0 Å². The minimum atomic E-state index is 1.19. The molecule has 0 fully saturated rings. The van der Waals surface area contributed by atoms with Crippen molar-refractivity contribution in [2.45, 2.75) is 65.2 Å². The highest BCUT2D eigenvalue weighted by molar-refractivity contribution is 4.92. The molecule has 0 radical (unpaired) electrons. The van der Waals surface area contributed by atoms with Gasteiger partial charge in [-0.05, 0) is 39.5 Å². The maximum atomic E-state index is 3.73. The highest BCUT2D eigenvalue weighted by Gasteiger charge is 1.89. The van der Waals surface area contributed by atoms with E-state index in [-0.39, 0.29) is 0 Å². The van der Waals surface area contributed by atoms with E-state index in [1.54, 1.807) is 0 Å². The maximum absolute atomic E-state index is 3.73. The van der Waals surface area contributed by atoms with Gasteiger partial charge in [0.2, 0.25) is 0 Å². The van der Waals surface area contributed by atoms with Crippen molar-refractivity contribution < 1.29 is 0 Å². The number of rotatable bonds is 9. The molecule has 0 aromatic heterocycles. The molecule has 0 unspecified atom stereocenters. The summed E-state index contributed by atoms with van der Waals surface area (Å²) in [6.45, 7) is 8.08. The molecule has 0 spiro atoms. The first-order chi connectivity index (χ1) is 6.77. The predicted octanol–water partition coefficient (Wildman–Crippen LogP) is 5.26. The van der Waals surface area contributed by atoms with Gasteiger partial charge < -0.3 is 0 Å². The normalized spacial score (nSPS) is 9.86. The number of unbranched alkanes of at least 4 members (excludes halogenated alkanes) is 7. The van der Waals surface area contributed by atoms with E-state index in [0.717, 1.165) is 0 Å². The maximum Gasteiger partial charge on any atom is -0.0348 e. The predicted molar refractivity (Wildman–Crippen MR) is 66.6 cm³/mol. The van der Waals surface area contributed by atoms with Gasteiger partial charge in [-0.2, -0.15) is 0 Å². The molecule has 14 heavy (non-hydrogen) atoms. The summed E-state index contributed by atoms with van der Waals surface area (Å²) >= 11 is 0. The Morgan fingerprint density at radius 2 is 1.36 bits per heavy atom. The van der Waals surface area contributed by atoms with Crippen LogP contribution < -0.4 is 0 Å². The molecule has 0 rings (SSSR count). The van der Waals surface area contributed by atoms with Crippen LogP contribution in [0.25, 0.3) is 0 Å². The fourth-order valence-corrected chi connectivity index (χ4v) is 1.53. The second-order valence-electron chi connectivity index (χ2n) is 4.27. The Kier molecular flexibility index (Phi) is 10.2. The minimum Gasteiger partial charge on any atom is -0.103 e. The van der Waals surface area contributed by atoms with E-state index in [4.69, 9.17) is 0 Å². The van der Waals surface area contributed by atoms with Gasteiger partial charge in [0.05, 0.1) is 0 Å². The van der Waals surface area contributed by atoms with E-state index < -0.39 is 0 Å². The van der Waals surface area contributed by atoms with E-state index >= 15 is 0 Å². The van der Waals surface area contributed by atoms with Crippen molar-refractivity contribution in [1.82, 2.24) is 0 Å². The molecule has 0 heteroatoms. The zero-order valence-corrected chi connectivity index (χ0v) is 10.0. The molecule has 0 heterocycles. The van der Waals surface area contributed by atoms with Crippen molar-refractivity contribution >= 4 is 0 Å². The van der Waals surface area contributed by atoms with Crippen LogP contribution in [-0.2, 0) is 0 Å². The zero-order chi connectivity index (χ0) is 10.6. The van der Waals surface area contributed by atoms with Gasteiger partial charge in [-0.25, -0.2) is 0 Å². The van der Waals surface area contributed by atoms with Crippen LogP contribution in [0.4, 0.5) is 0 Å². The molecule has 0 aliphatic rings. The molecule has 0 nitrogen and oxygen atoms in total. The summed E-state index contributed by atoms with van der Waals surface area (Å²) in [5.74, 6) is 0. The molecule has 0 aliphatic heterocycles. The van der Waals surface area contributed by atoms with E-state index in [1.807, 2.05) is 6.08 Å². The first-order valence-electron chi connectivity index (χ1n) is 6.01. The van der Waals surface area contributed by atoms with E-state index in [0.29, 0.717) is 0 Å². The van der Waals surface area contributed by atoms with Crippen LogP contribution in [0.15, 0.2) is 24.3 Å². The van der Waals surface area contributed by atoms with E-state index in [9.17, 15) is 0 Å². The summed E-state index contributed by atoms with van der Waals surface area (Å²) < 4.78 is 0. The first kappa shape index (κ1) is 13.5. The van der Waals surface area contributed by atoms with Crippen LogP contribution in [0.2, 0.25) is 0 Å². The summed E-state index contributed by atoms with van der Waals surface area (Å²) in [5, 5.41) is 0. The number of allylic oxidation sites excluding steroid dienone is 3. The second kappa shape index (κ2) is 10.6. The van der Waals surface area contributed by atoms with Gasteiger partial charge in [0, 0.05) is 0 Å². The lowest BCUT2D eigenvalue weighted by molar-refractivity contribution is 0.600. The lowest BCUT2D eigenvalue weighted by Crippen LogP contribution is -1.79. The third-order valence-electron chi connectivity index (χ3n) is 2.41. The van der Waals surface area contributed by atoms with Gasteiger partial charge in [0.1, 0.15) is 0 Å². The third-order valence-corrected chi connectivity index (χ3v) is 2.41. The van der Waals surface area contributed by atoms with Crippen LogP contribution in [0.5, 0.6) is 0 Å². The Balaban J connectivity index is 2.99. The van der Waals surface area contributed by atoms with Crippen molar-refractivity contribution in [3.8, 4) is 0 Å². The topological polar surface area (TPSA) is 0 Å². The lowest BCUT2D eigenvalue weighted by Gasteiger charge is -1.99. The zero-order valence-electron chi connectivity index (χ0n) is 10.0. The monoisotopic (exact) mass is 194 g/mol. The van der Waals surface area contributed by atoms with Gasteiger partial charge in [-0.1, -0.05) is 43.4 Å². The summed E-state index contributed by atoms with van der Waals surface area (Å²) in [7, 11) is 0. The van der Waals surface area contributed by atoms with Crippen LogP contribution in [0.3, 0.4) is 0 Å². The molecule has 0 aliphatic carbocycles. The van der Waals surface area contributed by atoms with Gasteiger partial charge in [0.15, 0.2) is 0 Å². The van der Waals surface area contributed by atoms with Crippen LogP contribution in [0, 0.1) is 0 Å². The lowest BCUT2D eigenvalue weighted by atomic mass is 10.1. The molecular formula is C14H26. The smallest absolute Gasteiger partial charge is 0.0348 e. The highest BCUT2D eigenvalue weighted by Crippen LogP contribution is 2.09. The van der Waals surface area contributed by atoms with Crippen LogP contribution >= 0.6 is 0 Å². The molecule has 0 saturated heterocycles. The Morgan fingerprint density at radius 3 is 1.86 bits per heavy atom. The SMILES string of the molecule is C=CCCCCCCCCC=C(C)C. The van der Waals surface area contributed by atoms with Gasteiger partial charge in [0.25, 0.3) is 0 Å². The highest BCUT2D eigenvalue weighted by atomic mass is 14.0. The third kappa shape index (κ3) is 11.5. The Labute approximate surface area is 90.1 Å². The van der Waals surface area contributed by atoms with Gasteiger partial charge >= 0.3 is 0 Å². The van der Waals surface area contributed by atoms with Crippen molar-refractivity contribution in [3.05, 3.63) is 24.3 Å². The number of hydrogen-bond donors (Lipinski definition) is 0. The Hall–Kier alpha value is -0.520. The summed E-state index contributed by atoms with van der Waals surface area (Å²) in [5.41, 5.74) is 1.45. The van der Waals surface area contributed by atoms with Gasteiger partial charge in [-0.15, -0.1) is 6.58 Å². The van der Waals surface area contributed by atoms with Crippen LogP contribution in [0.1, 0.15) is 65.2 Å².